The molecule has 2 aromatic heterocycles. The minimum atomic E-state index is -4.76. The number of nitriles is 1. The zero-order chi connectivity index (χ0) is 19.6. The summed E-state index contributed by atoms with van der Waals surface area (Å²) in [6.45, 7) is 2.00. The first-order valence-electron chi connectivity index (χ1n) is 8.03. The number of pyridine rings is 1. The first kappa shape index (κ1) is 19.0. The van der Waals surface area contributed by atoms with E-state index in [1.54, 1.807) is 29.6 Å². The van der Waals surface area contributed by atoms with E-state index in [0.29, 0.717) is 22.6 Å². The third kappa shape index (κ3) is 4.17. The Labute approximate surface area is 157 Å². The number of hydrogen-bond acceptors (Lipinski definition) is 5. The molecule has 3 aromatic rings. The number of alkyl halides is 3. The fourth-order valence-corrected chi connectivity index (χ4v) is 3.52. The van der Waals surface area contributed by atoms with Gasteiger partial charge in [-0.25, -0.2) is 4.98 Å². The van der Waals surface area contributed by atoms with Gasteiger partial charge in [-0.05, 0) is 29.5 Å². The molecule has 0 saturated carbocycles. The Bertz CT molecular complexity index is 1020. The van der Waals surface area contributed by atoms with Crippen LogP contribution < -0.4 is 4.74 Å². The van der Waals surface area contributed by atoms with Crippen LogP contribution in [0.4, 0.5) is 13.2 Å². The fourth-order valence-electron chi connectivity index (χ4n) is 2.70. The lowest BCUT2D eigenvalue weighted by molar-refractivity contribution is -0.274. The summed E-state index contributed by atoms with van der Waals surface area (Å²) in [5, 5.41) is 8.88. The zero-order valence-corrected chi connectivity index (χ0v) is 15.4. The summed E-state index contributed by atoms with van der Waals surface area (Å²) in [7, 11) is 1.78. The maximum absolute atomic E-state index is 12.4. The second kappa shape index (κ2) is 7.48. The molecular formula is C18H15F3N4OS. The van der Waals surface area contributed by atoms with Crippen LogP contribution in [0.5, 0.6) is 5.75 Å². The number of imidazole rings is 1. The van der Waals surface area contributed by atoms with Gasteiger partial charge in [0.2, 0.25) is 0 Å². The molecule has 5 nitrogen and oxygen atoms in total. The van der Waals surface area contributed by atoms with Crippen LogP contribution in [-0.4, -0.2) is 26.7 Å². The van der Waals surface area contributed by atoms with Gasteiger partial charge in [0.15, 0.2) is 5.82 Å². The van der Waals surface area contributed by atoms with E-state index in [0.717, 1.165) is 16.2 Å². The molecule has 2 heterocycles. The highest BCUT2D eigenvalue weighted by atomic mass is 32.2. The molecule has 3 rings (SSSR count). The first-order chi connectivity index (χ1) is 12.8. The van der Waals surface area contributed by atoms with Crippen LogP contribution in [0.3, 0.4) is 0 Å². The molecule has 1 aromatic carbocycles. The van der Waals surface area contributed by atoms with E-state index in [-0.39, 0.29) is 12.2 Å². The third-order valence-corrected chi connectivity index (χ3v) is 4.70. The van der Waals surface area contributed by atoms with E-state index in [1.807, 2.05) is 13.0 Å². The van der Waals surface area contributed by atoms with Crippen molar-refractivity contribution in [3.63, 3.8) is 0 Å². The van der Waals surface area contributed by atoms with Crippen molar-refractivity contribution in [1.82, 2.24) is 14.5 Å². The lowest BCUT2D eigenvalue weighted by atomic mass is 10.2. The Morgan fingerprint density at radius 3 is 2.74 bits per heavy atom. The summed E-state index contributed by atoms with van der Waals surface area (Å²) in [4.78, 5) is 9.79. The Hall–Kier alpha value is -2.73. The van der Waals surface area contributed by atoms with Crippen molar-refractivity contribution in [2.24, 2.45) is 7.05 Å². The molecule has 0 amide bonds. The van der Waals surface area contributed by atoms with Gasteiger partial charge >= 0.3 is 6.36 Å². The predicted molar refractivity (Wildman–Crippen MR) is 96.3 cm³/mol. The molecule has 0 aliphatic carbocycles. The molecule has 0 saturated heterocycles. The van der Waals surface area contributed by atoms with E-state index in [4.69, 9.17) is 5.26 Å². The highest BCUT2D eigenvalue weighted by Crippen LogP contribution is 2.33. The number of aromatic nitrogens is 3. The van der Waals surface area contributed by atoms with Gasteiger partial charge in [-0.2, -0.15) is 5.26 Å². The van der Waals surface area contributed by atoms with Crippen molar-refractivity contribution in [2.75, 3.05) is 5.75 Å². The molecule has 0 aliphatic heterocycles. The normalized spacial score (nSPS) is 11.6. The molecule has 0 aliphatic rings. The molecule has 0 bridgehead atoms. The summed E-state index contributed by atoms with van der Waals surface area (Å²) in [5.74, 6) is 1.02. The molecule has 0 fully saturated rings. The number of aryl methyl sites for hydroxylation is 1. The van der Waals surface area contributed by atoms with Crippen molar-refractivity contribution < 1.29 is 17.9 Å². The van der Waals surface area contributed by atoms with Gasteiger partial charge in [0.25, 0.3) is 0 Å². The average Bonchev–Trinajstić information content (AvgIpc) is 2.90. The van der Waals surface area contributed by atoms with Crippen molar-refractivity contribution in [1.29, 1.82) is 5.26 Å². The van der Waals surface area contributed by atoms with Crippen LogP contribution in [-0.2, 0) is 13.5 Å². The number of thioether (sulfide) groups is 1. The third-order valence-electron chi connectivity index (χ3n) is 3.79. The van der Waals surface area contributed by atoms with Gasteiger partial charge in [0.05, 0.1) is 23.5 Å². The summed E-state index contributed by atoms with van der Waals surface area (Å²) in [6.07, 6.45) is -2.88. The van der Waals surface area contributed by atoms with E-state index in [1.165, 1.54) is 18.2 Å². The number of ether oxygens (including phenoxy) is 1. The average molecular weight is 392 g/mol. The van der Waals surface area contributed by atoms with Crippen LogP contribution in [0.15, 0.2) is 35.4 Å². The van der Waals surface area contributed by atoms with Gasteiger partial charge < -0.3 is 9.30 Å². The minimum absolute atomic E-state index is 0.255. The fraction of sp³-hybridized carbons (Fsp3) is 0.278. The molecular weight excluding hydrogens is 377 g/mol. The van der Waals surface area contributed by atoms with Crippen LogP contribution >= 0.6 is 11.8 Å². The second-order valence-corrected chi connectivity index (χ2v) is 6.96. The van der Waals surface area contributed by atoms with E-state index < -0.39 is 6.36 Å². The summed E-state index contributed by atoms with van der Waals surface area (Å²) in [6, 6.07) is 8.04. The Morgan fingerprint density at radius 2 is 2.07 bits per heavy atom. The number of rotatable bonds is 5. The van der Waals surface area contributed by atoms with Crippen molar-refractivity contribution in [3.05, 3.63) is 36.0 Å². The Balaban J connectivity index is 2.09. The lowest BCUT2D eigenvalue weighted by Gasteiger charge is -2.09. The summed E-state index contributed by atoms with van der Waals surface area (Å²) < 4.78 is 43.1. The van der Waals surface area contributed by atoms with Crippen LogP contribution in [0.2, 0.25) is 0 Å². The highest BCUT2D eigenvalue weighted by molar-refractivity contribution is 7.99. The highest BCUT2D eigenvalue weighted by Gasteiger charge is 2.31. The SMILES string of the molecule is CCSc1cc(CC#N)cnc1-c1nc2cc(OC(F)(F)F)ccc2n1C. The van der Waals surface area contributed by atoms with E-state index in [9.17, 15) is 13.2 Å². The minimum Gasteiger partial charge on any atom is -0.406 e. The van der Waals surface area contributed by atoms with Crippen molar-refractivity contribution in [2.45, 2.75) is 24.6 Å². The summed E-state index contributed by atoms with van der Waals surface area (Å²) in [5.41, 5.74) is 2.47. The van der Waals surface area contributed by atoms with Crippen LogP contribution in [0, 0.1) is 11.3 Å². The number of benzene rings is 1. The number of hydrogen-bond donors (Lipinski definition) is 0. The summed E-state index contributed by atoms with van der Waals surface area (Å²) >= 11 is 1.57. The zero-order valence-electron chi connectivity index (χ0n) is 14.5. The topological polar surface area (TPSA) is 63.7 Å². The maximum Gasteiger partial charge on any atom is 0.573 e. The Morgan fingerprint density at radius 1 is 1.30 bits per heavy atom. The molecule has 0 atom stereocenters. The smallest absolute Gasteiger partial charge is 0.406 e. The monoisotopic (exact) mass is 392 g/mol. The van der Waals surface area contributed by atoms with E-state index >= 15 is 0 Å². The molecule has 9 heteroatoms. The lowest BCUT2D eigenvalue weighted by Crippen LogP contribution is -2.16. The predicted octanol–water partition coefficient (Wildman–Crippen LogP) is 4.71. The van der Waals surface area contributed by atoms with Gasteiger partial charge in [-0.1, -0.05) is 6.92 Å². The second-order valence-electron chi connectivity index (χ2n) is 5.65. The van der Waals surface area contributed by atoms with Crippen molar-refractivity contribution >= 4 is 22.8 Å². The standard InChI is InChI=1S/C18H15F3N4OS/c1-3-27-15-8-11(6-7-22)10-23-16(15)17-24-13-9-12(26-18(19,20)21)4-5-14(13)25(17)2/h4-5,8-10H,3,6H2,1-2H3. The number of nitrogens with zero attached hydrogens (tertiary/aromatic N) is 4. The molecule has 140 valence electrons. The largest absolute Gasteiger partial charge is 0.573 e. The maximum atomic E-state index is 12.4. The molecule has 0 unspecified atom stereocenters. The van der Waals surface area contributed by atoms with Crippen LogP contribution in [0.25, 0.3) is 22.6 Å². The van der Waals surface area contributed by atoms with Gasteiger partial charge in [0.1, 0.15) is 11.4 Å². The molecule has 0 N–H and O–H groups in total. The number of halogens is 3. The Kier molecular flexibility index (Phi) is 5.28. The number of fused-ring (bicyclic) bond motifs is 1. The van der Waals surface area contributed by atoms with Gasteiger partial charge in [-0.15, -0.1) is 24.9 Å². The molecule has 27 heavy (non-hydrogen) atoms. The van der Waals surface area contributed by atoms with Gasteiger partial charge in [0, 0.05) is 24.2 Å². The van der Waals surface area contributed by atoms with E-state index in [2.05, 4.69) is 20.8 Å². The molecule has 0 radical (unpaired) electrons. The van der Waals surface area contributed by atoms with Gasteiger partial charge in [-0.3, -0.25) is 4.98 Å². The van der Waals surface area contributed by atoms with Crippen LogP contribution in [0.1, 0.15) is 12.5 Å². The first-order valence-corrected chi connectivity index (χ1v) is 9.02. The molecule has 0 spiro atoms. The quantitative estimate of drug-likeness (QED) is 0.589. The van der Waals surface area contributed by atoms with Crippen molar-refractivity contribution in [3.8, 4) is 23.3 Å².